The van der Waals surface area contributed by atoms with Crippen LogP contribution in [0.15, 0.2) is 0 Å². The summed E-state index contributed by atoms with van der Waals surface area (Å²) < 4.78 is 12.3. The van der Waals surface area contributed by atoms with Gasteiger partial charge in [-0.25, -0.2) is 10.9 Å². The van der Waals surface area contributed by atoms with Crippen molar-refractivity contribution in [2.75, 3.05) is 19.4 Å². The summed E-state index contributed by atoms with van der Waals surface area (Å²) in [5.74, 6) is 1.05. The summed E-state index contributed by atoms with van der Waals surface area (Å²) in [6, 6.07) is 0. The molecule has 2 fully saturated rings. The quantitative estimate of drug-likeness (QED) is 0.349. The minimum Gasteiger partial charge on any atom is -0.350 e. The standard InChI is InChI=1S/C19H39N3O2S2/c1-3-4-5-6-7-8-9-10-11-12-16-15-23-17(24-16)13-14-25-19-22-21-18(20-2)26-19/h16-22H,3-15H2,1-2H3. The third-order valence-electron chi connectivity index (χ3n) is 4.92. The maximum Gasteiger partial charge on any atom is 0.158 e. The Kier molecular flexibility index (Phi) is 12.7. The predicted molar refractivity (Wildman–Crippen MR) is 114 cm³/mol. The zero-order chi connectivity index (χ0) is 18.5. The molecule has 0 spiro atoms. The monoisotopic (exact) mass is 405 g/mol. The number of nitrogens with one attached hydrogen (secondary N) is 3. The van der Waals surface area contributed by atoms with Crippen molar-refractivity contribution in [2.45, 2.75) is 100 Å². The lowest BCUT2D eigenvalue weighted by atomic mass is 10.1. The summed E-state index contributed by atoms with van der Waals surface area (Å²) in [6.45, 7) is 3.06. The summed E-state index contributed by atoms with van der Waals surface area (Å²) in [6.07, 6.45) is 14.9. The molecular weight excluding hydrogens is 366 g/mol. The lowest BCUT2D eigenvalue weighted by molar-refractivity contribution is -0.0590. The van der Waals surface area contributed by atoms with Gasteiger partial charge in [0.05, 0.1) is 12.7 Å². The van der Waals surface area contributed by atoms with Gasteiger partial charge in [0, 0.05) is 12.2 Å². The second kappa shape index (κ2) is 14.5. The van der Waals surface area contributed by atoms with Crippen LogP contribution in [-0.2, 0) is 9.47 Å². The molecule has 4 unspecified atom stereocenters. The maximum absolute atomic E-state index is 6.05. The Bertz CT molecular complexity index is 353. The molecule has 2 aliphatic rings. The van der Waals surface area contributed by atoms with Crippen molar-refractivity contribution in [1.29, 1.82) is 0 Å². The molecule has 0 radical (unpaired) electrons. The van der Waals surface area contributed by atoms with Crippen LogP contribution in [0.4, 0.5) is 0 Å². The summed E-state index contributed by atoms with van der Waals surface area (Å²) >= 11 is 3.78. The van der Waals surface area contributed by atoms with E-state index in [1.807, 2.05) is 30.6 Å². The number of thioether (sulfide) groups is 2. The molecule has 0 saturated carbocycles. The first-order valence-corrected chi connectivity index (χ1v) is 12.5. The molecule has 0 aliphatic carbocycles. The van der Waals surface area contributed by atoms with Gasteiger partial charge in [0.1, 0.15) is 10.2 Å². The van der Waals surface area contributed by atoms with Gasteiger partial charge in [-0.3, -0.25) is 5.32 Å². The van der Waals surface area contributed by atoms with Crippen molar-refractivity contribution < 1.29 is 9.47 Å². The molecule has 0 bridgehead atoms. The van der Waals surface area contributed by atoms with Crippen molar-refractivity contribution in [3.63, 3.8) is 0 Å². The van der Waals surface area contributed by atoms with Crippen molar-refractivity contribution in [1.82, 2.24) is 16.2 Å². The third kappa shape index (κ3) is 9.62. The topological polar surface area (TPSA) is 54.5 Å². The fourth-order valence-electron chi connectivity index (χ4n) is 3.32. The number of hydrogen-bond donors (Lipinski definition) is 3. The van der Waals surface area contributed by atoms with E-state index in [0.717, 1.165) is 25.2 Å². The smallest absolute Gasteiger partial charge is 0.158 e. The second-order valence-corrected chi connectivity index (χ2v) is 9.95. The highest BCUT2D eigenvalue weighted by Gasteiger charge is 2.27. The largest absolute Gasteiger partial charge is 0.350 e. The number of hydrazine groups is 1. The van der Waals surface area contributed by atoms with Crippen LogP contribution in [0.25, 0.3) is 0 Å². The van der Waals surface area contributed by atoms with Crippen molar-refractivity contribution in [3.8, 4) is 0 Å². The van der Waals surface area contributed by atoms with Gasteiger partial charge in [0.2, 0.25) is 0 Å². The first-order valence-electron chi connectivity index (χ1n) is 10.5. The Hall–Kier alpha value is 0.500. The lowest BCUT2D eigenvalue weighted by Crippen LogP contribution is -2.38. The van der Waals surface area contributed by atoms with Crippen LogP contribution < -0.4 is 16.2 Å². The Morgan fingerprint density at radius 2 is 1.73 bits per heavy atom. The summed E-state index contributed by atoms with van der Waals surface area (Å²) in [5, 5.41) is 3.20. The Morgan fingerprint density at radius 1 is 1.00 bits per heavy atom. The summed E-state index contributed by atoms with van der Waals surface area (Å²) in [4.78, 5) is 0. The van der Waals surface area contributed by atoms with Gasteiger partial charge in [-0.15, -0.1) is 11.8 Å². The normalized spacial score (nSPS) is 28.8. The molecule has 3 N–H and O–H groups in total. The molecule has 0 aromatic heterocycles. The van der Waals surface area contributed by atoms with Gasteiger partial charge >= 0.3 is 0 Å². The predicted octanol–water partition coefficient (Wildman–Crippen LogP) is 4.40. The van der Waals surface area contributed by atoms with Crippen molar-refractivity contribution >= 4 is 23.5 Å². The molecule has 2 saturated heterocycles. The summed E-state index contributed by atoms with van der Waals surface area (Å²) in [5.41, 5.74) is 6.79. The van der Waals surface area contributed by atoms with Crippen LogP contribution in [0, 0.1) is 0 Å². The molecule has 2 aliphatic heterocycles. The SMILES string of the molecule is CCCCCCCCCCCC1COC(CCSC2NNC(NC)S2)O1. The van der Waals surface area contributed by atoms with Crippen LogP contribution >= 0.6 is 23.5 Å². The molecule has 0 aromatic rings. The van der Waals surface area contributed by atoms with E-state index in [0.29, 0.717) is 16.3 Å². The maximum atomic E-state index is 6.05. The Balaban J connectivity index is 1.38. The van der Waals surface area contributed by atoms with E-state index >= 15 is 0 Å². The van der Waals surface area contributed by atoms with E-state index < -0.39 is 0 Å². The fraction of sp³-hybridized carbons (Fsp3) is 1.00. The number of ether oxygens (including phenoxy) is 2. The Labute approximate surface area is 168 Å². The minimum absolute atomic E-state index is 0.00512. The van der Waals surface area contributed by atoms with Crippen LogP contribution in [0.3, 0.4) is 0 Å². The van der Waals surface area contributed by atoms with Gasteiger partial charge in [0.25, 0.3) is 0 Å². The van der Waals surface area contributed by atoms with Crippen LogP contribution in [-0.4, -0.2) is 42.0 Å². The zero-order valence-electron chi connectivity index (χ0n) is 16.6. The molecule has 0 amide bonds. The highest BCUT2D eigenvalue weighted by molar-refractivity contribution is 8.17. The highest BCUT2D eigenvalue weighted by atomic mass is 32.2. The number of unbranched alkanes of at least 4 members (excludes halogenated alkanes) is 8. The first-order chi connectivity index (χ1) is 12.8. The van der Waals surface area contributed by atoms with Gasteiger partial charge in [-0.1, -0.05) is 76.5 Å². The molecular formula is C19H39N3O2S2. The average molecular weight is 406 g/mol. The van der Waals surface area contributed by atoms with Crippen molar-refractivity contribution in [2.24, 2.45) is 0 Å². The van der Waals surface area contributed by atoms with E-state index in [1.54, 1.807) is 0 Å². The first kappa shape index (κ1) is 22.8. The zero-order valence-corrected chi connectivity index (χ0v) is 18.3. The molecule has 26 heavy (non-hydrogen) atoms. The molecule has 154 valence electrons. The molecule has 0 aromatic carbocycles. The number of rotatable bonds is 15. The van der Waals surface area contributed by atoms with Gasteiger partial charge in [-0.2, -0.15) is 0 Å². The molecule has 7 heteroatoms. The minimum atomic E-state index is 0.00512. The fourth-order valence-corrected chi connectivity index (χ4v) is 5.61. The molecule has 5 nitrogen and oxygen atoms in total. The molecule has 4 atom stereocenters. The van der Waals surface area contributed by atoms with E-state index in [4.69, 9.17) is 9.47 Å². The van der Waals surface area contributed by atoms with Crippen LogP contribution in [0.1, 0.15) is 77.6 Å². The average Bonchev–Trinajstić information content (AvgIpc) is 3.30. The van der Waals surface area contributed by atoms with Crippen LogP contribution in [0.5, 0.6) is 0 Å². The summed E-state index contributed by atoms with van der Waals surface area (Å²) in [7, 11) is 1.97. The molecule has 2 rings (SSSR count). The van der Waals surface area contributed by atoms with E-state index in [2.05, 4.69) is 23.1 Å². The van der Waals surface area contributed by atoms with Crippen LogP contribution in [0.2, 0.25) is 0 Å². The Morgan fingerprint density at radius 3 is 2.42 bits per heavy atom. The third-order valence-corrected chi connectivity index (χ3v) is 7.54. The van der Waals surface area contributed by atoms with E-state index in [1.165, 1.54) is 57.8 Å². The van der Waals surface area contributed by atoms with E-state index in [9.17, 15) is 0 Å². The second-order valence-electron chi connectivity index (χ2n) is 7.22. The van der Waals surface area contributed by atoms with Gasteiger partial charge in [0.15, 0.2) is 6.29 Å². The molecule has 2 heterocycles. The van der Waals surface area contributed by atoms with Crippen molar-refractivity contribution in [3.05, 3.63) is 0 Å². The van der Waals surface area contributed by atoms with Gasteiger partial charge < -0.3 is 9.47 Å². The lowest BCUT2D eigenvalue weighted by Gasteiger charge is -2.13. The van der Waals surface area contributed by atoms with E-state index in [-0.39, 0.29) is 6.29 Å². The number of hydrogen-bond acceptors (Lipinski definition) is 7. The van der Waals surface area contributed by atoms with Gasteiger partial charge in [-0.05, 0) is 13.5 Å². The highest BCUT2D eigenvalue weighted by Crippen LogP contribution is 2.29.